The summed E-state index contributed by atoms with van der Waals surface area (Å²) in [7, 11) is 13.3. The number of aromatic nitrogens is 4. The van der Waals surface area contributed by atoms with E-state index in [1.165, 1.54) is 25.7 Å². The van der Waals surface area contributed by atoms with E-state index in [4.69, 9.17) is 0 Å². The number of unbranched alkanes of at least 4 members (excludes halogenated alkanes) is 3. The molecule has 142 valence electrons. The molecule has 4 nitrogen and oxygen atoms in total. The largest absolute Gasteiger partial charge is 1.00 e. The fourth-order valence-corrected chi connectivity index (χ4v) is 2.21. The summed E-state index contributed by atoms with van der Waals surface area (Å²) in [6.45, 7) is 2.28. The van der Waals surface area contributed by atoms with E-state index in [1.807, 2.05) is 0 Å². The zero-order valence-electron chi connectivity index (χ0n) is 13.8. The van der Waals surface area contributed by atoms with Crippen molar-refractivity contribution in [2.45, 2.75) is 38.8 Å². The van der Waals surface area contributed by atoms with Crippen molar-refractivity contribution in [2.24, 2.45) is 14.1 Å². The van der Waals surface area contributed by atoms with E-state index >= 15 is 0 Å². The number of aryl methyl sites for hydroxylation is 4. The summed E-state index contributed by atoms with van der Waals surface area (Å²) in [5.74, 6) is 0. The molecule has 2 heterocycles. The van der Waals surface area contributed by atoms with Crippen LogP contribution in [0.2, 0.25) is 0 Å². The summed E-state index contributed by atoms with van der Waals surface area (Å²) in [6, 6.07) is 0. The van der Waals surface area contributed by atoms with Gasteiger partial charge in [0.15, 0.2) is 0 Å². The quantitative estimate of drug-likeness (QED) is 0.196. The second kappa shape index (κ2) is 20.4. The third-order valence-corrected chi connectivity index (χ3v) is 3.23. The molecule has 0 aliphatic heterocycles. The Bertz CT molecular complexity index is 450. The second-order valence-electron chi connectivity index (χ2n) is 5.05. The van der Waals surface area contributed by atoms with Gasteiger partial charge in [-0.2, -0.15) is 0 Å². The lowest BCUT2D eigenvalue weighted by atomic mass is 10.2. The molecule has 2 aromatic heterocycles. The van der Waals surface area contributed by atoms with E-state index in [9.17, 15) is 0 Å². The van der Waals surface area contributed by atoms with Gasteiger partial charge in [-0.1, -0.05) is 0 Å². The van der Waals surface area contributed by atoms with Crippen LogP contribution in [0.5, 0.6) is 0 Å². The molecule has 0 radical (unpaired) electrons. The Hall–Kier alpha value is 1.04. The first-order chi connectivity index (χ1) is 10.7. The van der Waals surface area contributed by atoms with Gasteiger partial charge in [0.25, 0.3) is 0 Å². The van der Waals surface area contributed by atoms with Gasteiger partial charge in [-0.05, 0) is 43.5 Å². The van der Waals surface area contributed by atoms with Crippen LogP contribution in [0.3, 0.4) is 0 Å². The van der Waals surface area contributed by atoms with E-state index in [2.05, 4.69) is 87.6 Å². The third-order valence-electron chi connectivity index (χ3n) is 3.23. The molecule has 0 fully saturated rings. The van der Waals surface area contributed by atoms with E-state index in [1.54, 1.807) is 42.9 Å². The molecule has 0 unspecified atom stereocenters. The van der Waals surface area contributed by atoms with Crippen molar-refractivity contribution in [1.82, 2.24) is 9.13 Å². The van der Waals surface area contributed by atoms with Crippen LogP contribution in [-0.4, -0.2) is 9.13 Å². The van der Waals surface area contributed by atoms with Crippen LogP contribution >= 0.6 is 60.7 Å². The first-order valence-corrected chi connectivity index (χ1v) is 12.5. The Morgan fingerprint density at radius 3 is 1.29 bits per heavy atom. The molecule has 0 saturated heterocycles. The van der Waals surface area contributed by atoms with Gasteiger partial charge in [-0.15, -0.1) is 0 Å². The van der Waals surface area contributed by atoms with Crippen molar-refractivity contribution in [3.05, 3.63) is 37.4 Å². The standard InChI is InChI=1S/C14H24N4.2ClI.2ClH/c1-15-9-11-17(13-15)7-5-3-4-6-8-18-12-10-16(2)14-18;2*1-2;;/h9-14H,3-8H2,1-2H3;;;2*1H/q+2;;;;/p-2. The molecule has 0 N–H and O–H groups in total. The highest BCUT2D eigenvalue weighted by molar-refractivity contribution is 14.1. The monoisotopic (exact) mass is 642 g/mol. The van der Waals surface area contributed by atoms with Gasteiger partial charge in [0, 0.05) is 42.9 Å². The summed E-state index contributed by atoms with van der Waals surface area (Å²) < 4.78 is 8.69. The topological polar surface area (TPSA) is 17.6 Å². The number of hydrogen-bond donors (Lipinski definition) is 0. The Kier molecular flexibility index (Phi) is 25.3. The fourth-order valence-electron chi connectivity index (χ4n) is 2.21. The van der Waals surface area contributed by atoms with Crippen molar-refractivity contribution in [2.75, 3.05) is 0 Å². The predicted octanol–water partition coefficient (Wildman–Crippen LogP) is -1.64. The minimum absolute atomic E-state index is 0. The highest BCUT2D eigenvalue weighted by atomic mass is 127. The molecule has 10 heteroatoms. The van der Waals surface area contributed by atoms with Gasteiger partial charge in [0.2, 0.25) is 12.7 Å². The SMILES string of the molecule is C[n+]1ccn(CCCCCCn2cc[n+](C)c2)c1.ClI.ClI.[Cl-].[Cl-]. The van der Waals surface area contributed by atoms with E-state index < -0.39 is 0 Å². The third kappa shape index (κ3) is 14.2. The second-order valence-corrected chi connectivity index (χ2v) is 5.05. The molecule has 0 spiro atoms. The number of rotatable bonds is 7. The van der Waals surface area contributed by atoms with Crippen LogP contribution < -0.4 is 33.9 Å². The van der Waals surface area contributed by atoms with Gasteiger partial charge >= 0.3 is 0 Å². The Morgan fingerprint density at radius 1 is 0.708 bits per heavy atom. The lowest BCUT2D eigenvalue weighted by Crippen LogP contribution is -3.00. The highest BCUT2D eigenvalue weighted by Crippen LogP contribution is 2.03. The molecule has 2 rings (SSSR count). The summed E-state index contributed by atoms with van der Waals surface area (Å²) in [5, 5.41) is 0. The maximum Gasteiger partial charge on any atom is 0.243 e. The number of hydrogen-bond acceptors (Lipinski definition) is 0. The van der Waals surface area contributed by atoms with Crippen LogP contribution in [0.15, 0.2) is 37.4 Å². The fraction of sp³-hybridized carbons (Fsp3) is 0.571. The van der Waals surface area contributed by atoms with Gasteiger partial charge in [-0.3, -0.25) is 0 Å². The lowest BCUT2D eigenvalue weighted by Gasteiger charge is -1.98. The molecular weight excluding hydrogens is 620 g/mol. The van der Waals surface area contributed by atoms with Crippen LogP contribution in [0.4, 0.5) is 0 Å². The maximum absolute atomic E-state index is 4.61. The first kappa shape index (κ1) is 29.8. The van der Waals surface area contributed by atoms with Crippen LogP contribution in [0, 0.1) is 0 Å². The highest BCUT2D eigenvalue weighted by Gasteiger charge is 2.01. The average Bonchev–Trinajstić information content (AvgIpc) is 3.15. The molecule has 0 aliphatic rings. The normalized spacial score (nSPS) is 8.75. The van der Waals surface area contributed by atoms with Crippen LogP contribution in [-0.2, 0) is 27.2 Å². The Balaban J connectivity index is -0.000000684. The van der Waals surface area contributed by atoms with Gasteiger partial charge in [0.1, 0.15) is 24.8 Å². The molecule has 2 aromatic rings. The predicted molar refractivity (Wildman–Crippen MR) is 109 cm³/mol. The molecule has 0 atom stereocenters. The summed E-state index contributed by atoms with van der Waals surface area (Å²) in [5.41, 5.74) is 0. The van der Waals surface area contributed by atoms with Gasteiger partial charge in [0.05, 0.1) is 27.2 Å². The summed E-state index contributed by atoms with van der Waals surface area (Å²) in [6.07, 6.45) is 17.9. The minimum atomic E-state index is 0. The van der Waals surface area contributed by atoms with Crippen molar-refractivity contribution in [1.29, 1.82) is 0 Å². The minimum Gasteiger partial charge on any atom is -1.00 e. The average molecular weight is 644 g/mol. The molecule has 0 amide bonds. The van der Waals surface area contributed by atoms with Crippen LogP contribution in [0.25, 0.3) is 0 Å². The number of halogens is 6. The smallest absolute Gasteiger partial charge is 0.243 e. The molecule has 0 bridgehead atoms. The van der Waals surface area contributed by atoms with Crippen molar-refractivity contribution in [3.8, 4) is 0 Å². The van der Waals surface area contributed by atoms with Gasteiger partial charge < -0.3 is 24.8 Å². The molecule has 0 aromatic carbocycles. The molecular formula is C14H24Cl4I2N4. The molecule has 24 heavy (non-hydrogen) atoms. The Morgan fingerprint density at radius 2 is 1.04 bits per heavy atom. The maximum atomic E-state index is 4.61. The number of imidazole rings is 2. The lowest BCUT2D eigenvalue weighted by molar-refractivity contribution is -0.671. The summed E-state index contributed by atoms with van der Waals surface area (Å²) >= 11 is 3.24. The van der Waals surface area contributed by atoms with E-state index in [-0.39, 0.29) is 24.8 Å². The zero-order chi connectivity index (χ0) is 16.8. The molecule has 0 aliphatic carbocycles. The number of nitrogens with zero attached hydrogens (tertiary/aromatic N) is 4. The first-order valence-electron chi connectivity index (χ1n) is 7.04. The Labute approximate surface area is 192 Å². The van der Waals surface area contributed by atoms with Crippen molar-refractivity contribution >= 4 is 60.7 Å². The van der Waals surface area contributed by atoms with Crippen molar-refractivity contribution < 1.29 is 33.9 Å². The summed E-state index contributed by atoms with van der Waals surface area (Å²) in [4.78, 5) is 0. The van der Waals surface area contributed by atoms with Crippen molar-refractivity contribution in [3.63, 3.8) is 0 Å². The van der Waals surface area contributed by atoms with E-state index in [0.29, 0.717) is 0 Å². The van der Waals surface area contributed by atoms with Crippen LogP contribution in [0.1, 0.15) is 25.7 Å². The van der Waals surface area contributed by atoms with E-state index in [0.717, 1.165) is 13.1 Å². The molecule has 0 saturated carbocycles. The zero-order valence-corrected chi connectivity index (χ0v) is 21.1. The van der Waals surface area contributed by atoms with Gasteiger partial charge in [-0.25, -0.2) is 18.3 Å².